The van der Waals surface area contributed by atoms with Crippen molar-refractivity contribution in [3.05, 3.63) is 29.8 Å². The van der Waals surface area contributed by atoms with Crippen molar-refractivity contribution in [2.75, 3.05) is 13.2 Å². The van der Waals surface area contributed by atoms with Crippen LogP contribution in [-0.4, -0.2) is 87.1 Å². The predicted molar refractivity (Wildman–Crippen MR) is 117 cm³/mol. The molecule has 0 bridgehead atoms. The number of hydrogen-bond donors (Lipinski definition) is 7. The fraction of sp³-hybridized carbons (Fsp3) is 0.476. The summed E-state index contributed by atoms with van der Waals surface area (Å²) in [5.74, 6) is -4.39. The molecule has 13 nitrogen and oxygen atoms in total. The minimum atomic E-state index is -1.47. The van der Waals surface area contributed by atoms with Crippen LogP contribution in [0.3, 0.4) is 0 Å². The number of phenols is 1. The molecule has 0 radical (unpaired) electrons. The third-order valence-corrected chi connectivity index (χ3v) is 5.38. The average molecular weight is 479 g/mol. The molecule has 186 valence electrons. The first-order chi connectivity index (χ1) is 16.0. The fourth-order valence-electron chi connectivity index (χ4n) is 3.62. The van der Waals surface area contributed by atoms with Gasteiger partial charge in [-0.25, -0.2) is 4.79 Å². The van der Waals surface area contributed by atoms with Crippen LogP contribution in [0.1, 0.15) is 24.8 Å². The molecule has 34 heavy (non-hydrogen) atoms. The number of nitrogens with zero attached hydrogens (tertiary/aromatic N) is 1. The van der Waals surface area contributed by atoms with Gasteiger partial charge in [-0.05, 0) is 30.5 Å². The Bertz CT molecular complexity index is 922. The highest BCUT2D eigenvalue weighted by molar-refractivity contribution is 5.95. The van der Waals surface area contributed by atoms with E-state index in [4.69, 9.17) is 11.5 Å². The molecule has 13 heteroatoms. The maximum atomic E-state index is 12.8. The average Bonchev–Trinajstić information content (AvgIpc) is 3.27. The molecule has 4 atom stereocenters. The summed E-state index contributed by atoms with van der Waals surface area (Å²) in [6.45, 7) is -0.599. The van der Waals surface area contributed by atoms with E-state index in [1.165, 1.54) is 29.2 Å². The van der Waals surface area contributed by atoms with E-state index in [9.17, 15) is 39.3 Å². The van der Waals surface area contributed by atoms with Gasteiger partial charge in [0, 0.05) is 13.0 Å². The van der Waals surface area contributed by atoms with E-state index in [1.54, 1.807) is 0 Å². The standard InChI is InChI=1S/C21H29N5O8/c22-13(9-17(23)29)20(32)26-7-1-2-16(26)19(31)25-15(10-27)18(30)24-14(21(33)34)8-11-3-5-12(28)6-4-11/h3-6,13-16,27-28H,1-2,7-10,22H2,(H2,23,29)(H,24,30)(H,25,31)(H,33,34). The Morgan fingerprint density at radius 1 is 1.09 bits per heavy atom. The van der Waals surface area contributed by atoms with Crippen LogP contribution in [0.5, 0.6) is 5.75 Å². The van der Waals surface area contributed by atoms with Gasteiger partial charge in [-0.15, -0.1) is 0 Å². The number of aliphatic carboxylic acids is 1. The lowest BCUT2D eigenvalue weighted by molar-refractivity contribution is -0.143. The summed E-state index contributed by atoms with van der Waals surface area (Å²) in [7, 11) is 0. The number of carboxylic acid groups (broad SMARTS) is 1. The number of aliphatic hydroxyl groups excluding tert-OH is 1. The number of carboxylic acids is 1. The fourth-order valence-corrected chi connectivity index (χ4v) is 3.62. The smallest absolute Gasteiger partial charge is 0.326 e. The Hall–Kier alpha value is -3.71. The van der Waals surface area contributed by atoms with Gasteiger partial charge in [-0.1, -0.05) is 12.1 Å². The van der Waals surface area contributed by atoms with E-state index in [0.29, 0.717) is 12.0 Å². The second kappa shape index (κ2) is 12.0. The molecule has 4 amide bonds. The molecule has 1 aliphatic rings. The first-order valence-electron chi connectivity index (χ1n) is 10.6. The lowest BCUT2D eigenvalue weighted by atomic mass is 10.1. The maximum Gasteiger partial charge on any atom is 0.326 e. The van der Waals surface area contributed by atoms with E-state index in [0.717, 1.165) is 0 Å². The number of rotatable bonds is 11. The number of hydrogen-bond acceptors (Lipinski definition) is 8. The zero-order valence-corrected chi connectivity index (χ0v) is 18.3. The number of carbonyl (C=O) groups excluding carboxylic acids is 4. The van der Waals surface area contributed by atoms with Gasteiger partial charge in [0.2, 0.25) is 23.6 Å². The van der Waals surface area contributed by atoms with Crippen molar-refractivity contribution in [1.82, 2.24) is 15.5 Å². The van der Waals surface area contributed by atoms with Crippen LogP contribution in [0, 0.1) is 0 Å². The summed E-state index contributed by atoms with van der Waals surface area (Å²) in [4.78, 5) is 61.7. The summed E-state index contributed by atoms with van der Waals surface area (Å²) in [5, 5.41) is 33.0. The monoisotopic (exact) mass is 479 g/mol. The first kappa shape index (κ1) is 26.5. The van der Waals surface area contributed by atoms with Gasteiger partial charge < -0.3 is 42.3 Å². The van der Waals surface area contributed by atoms with Gasteiger partial charge >= 0.3 is 5.97 Å². The second-order valence-electron chi connectivity index (χ2n) is 7.98. The van der Waals surface area contributed by atoms with Crippen LogP contribution in [0.4, 0.5) is 0 Å². The molecule has 1 saturated heterocycles. The van der Waals surface area contributed by atoms with Crippen LogP contribution in [0.15, 0.2) is 24.3 Å². The van der Waals surface area contributed by atoms with Crippen molar-refractivity contribution in [3.8, 4) is 5.75 Å². The number of phenolic OH excluding ortho intramolecular Hbond substituents is 1. The van der Waals surface area contributed by atoms with Gasteiger partial charge in [0.25, 0.3) is 0 Å². The molecule has 1 heterocycles. The van der Waals surface area contributed by atoms with Crippen molar-refractivity contribution in [2.24, 2.45) is 11.5 Å². The predicted octanol–water partition coefficient (Wildman–Crippen LogP) is -2.83. The Balaban J connectivity index is 2.02. The Labute approximate surface area is 195 Å². The summed E-state index contributed by atoms with van der Waals surface area (Å²) < 4.78 is 0. The van der Waals surface area contributed by atoms with Crippen molar-refractivity contribution >= 4 is 29.6 Å². The minimum absolute atomic E-state index is 0.00209. The van der Waals surface area contributed by atoms with Crippen molar-refractivity contribution in [1.29, 1.82) is 0 Å². The van der Waals surface area contributed by atoms with Crippen LogP contribution in [0.25, 0.3) is 0 Å². The van der Waals surface area contributed by atoms with E-state index in [-0.39, 0.29) is 31.6 Å². The molecule has 0 spiro atoms. The van der Waals surface area contributed by atoms with E-state index in [1.807, 2.05) is 0 Å². The lowest BCUT2D eigenvalue weighted by Gasteiger charge is -2.28. The largest absolute Gasteiger partial charge is 0.508 e. The molecule has 4 unspecified atom stereocenters. The first-order valence-corrected chi connectivity index (χ1v) is 10.6. The van der Waals surface area contributed by atoms with Crippen molar-refractivity contribution in [2.45, 2.75) is 49.9 Å². The Morgan fingerprint density at radius 2 is 1.74 bits per heavy atom. The molecule has 1 fully saturated rings. The summed E-state index contributed by atoms with van der Waals surface area (Å²) >= 11 is 0. The van der Waals surface area contributed by atoms with Gasteiger partial charge in [-0.3, -0.25) is 19.2 Å². The molecule has 0 saturated carbocycles. The molecule has 2 rings (SSSR count). The van der Waals surface area contributed by atoms with E-state index >= 15 is 0 Å². The van der Waals surface area contributed by atoms with Crippen molar-refractivity contribution < 1.29 is 39.3 Å². The molecule has 1 aromatic carbocycles. The minimum Gasteiger partial charge on any atom is -0.508 e. The van der Waals surface area contributed by atoms with E-state index < -0.39 is 60.4 Å². The van der Waals surface area contributed by atoms with Gasteiger partial charge in [0.15, 0.2) is 0 Å². The highest BCUT2D eigenvalue weighted by atomic mass is 16.4. The lowest BCUT2D eigenvalue weighted by Crippen LogP contribution is -2.58. The summed E-state index contributed by atoms with van der Waals surface area (Å²) in [6, 6.07) is 0.729. The number of primary amides is 1. The molecular formula is C21H29N5O8. The normalized spacial score (nSPS) is 17.9. The van der Waals surface area contributed by atoms with Crippen LogP contribution < -0.4 is 22.1 Å². The Kier molecular flexibility index (Phi) is 9.33. The number of nitrogens with one attached hydrogen (secondary N) is 2. The SMILES string of the molecule is NC(=O)CC(N)C(=O)N1CCCC1C(=O)NC(CO)C(=O)NC(Cc1ccc(O)cc1)C(=O)O. The maximum absolute atomic E-state index is 12.8. The number of nitrogens with two attached hydrogens (primary N) is 2. The third-order valence-electron chi connectivity index (χ3n) is 5.38. The quantitative estimate of drug-likeness (QED) is 0.173. The highest BCUT2D eigenvalue weighted by Gasteiger charge is 2.38. The third kappa shape index (κ3) is 7.15. The number of aromatic hydroxyl groups is 1. The van der Waals surface area contributed by atoms with Crippen LogP contribution in [0.2, 0.25) is 0 Å². The van der Waals surface area contributed by atoms with E-state index in [2.05, 4.69) is 10.6 Å². The number of carbonyl (C=O) groups is 5. The van der Waals surface area contributed by atoms with Gasteiger partial charge in [0.05, 0.1) is 19.1 Å². The Morgan fingerprint density at radius 3 is 2.29 bits per heavy atom. The van der Waals surface area contributed by atoms with Gasteiger partial charge in [0.1, 0.15) is 23.9 Å². The molecule has 1 aliphatic heterocycles. The summed E-state index contributed by atoms with van der Waals surface area (Å²) in [6.07, 6.45) is 0.273. The molecule has 1 aromatic rings. The zero-order valence-electron chi connectivity index (χ0n) is 18.3. The number of aliphatic hydroxyl groups is 1. The van der Waals surface area contributed by atoms with Gasteiger partial charge in [-0.2, -0.15) is 0 Å². The number of amides is 4. The molecule has 9 N–H and O–H groups in total. The topological polar surface area (TPSA) is 225 Å². The molecular weight excluding hydrogens is 450 g/mol. The number of likely N-dealkylation sites (tertiary alicyclic amines) is 1. The zero-order chi connectivity index (χ0) is 25.4. The molecule has 0 aliphatic carbocycles. The number of benzene rings is 1. The van der Waals surface area contributed by atoms with Crippen molar-refractivity contribution in [3.63, 3.8) is 0 Å². The summed E-state index contributed by atoms with van der Waals surface area (Å²) in [5.41, 5.74) is 11.3. The van der Waals surface area contributed by atoms with Crippen LogP contribution >= 0.6 is 0 Å². The highest BCUT2D eigenvalue weighted by Crippen LogP contribution is 2.19. The molecule has 0 aromatic heterocycles. The van der Waals surface area contributed by atoms with Crippen LogP contribution in [-0.2, 0) is 30.4 Å². The second-order valence-corrected chi connectivity index (χ2v) is 7.98.